The van der Waals surface area contributed by atoms with Gasteiger partial charge in [-0.25, -0.2) is 0 Å². The van der Waals surface area contributed by atoms with Gasteiger partial charge in [0.2, 0.25) is 0 Å². The molecule has 1 atom stereocenters. The summed E-state index contributed by atoms with van der Waals surface area (Å²) in [5.41, 5.74) is 0.322. The van der Waals surface area contributed by atoms with Gasteiger partial charge in [0.25, 0.3) is 0 Å². The van der Waals surface area contributed by atoms with Crippen LogP contribution in [0.5, 0.6) is 17.2 Å². The molecule has 21 heavy (non-hydrogen) atoms. The smallest absolute Gasteiger partial charge is 0.389 e. The lowest BCUT2D eigenvalue weighted by Crippen LogP contribution is -2.09. The van der Waals surface area contributed by atoms with E-state index in [0.717, 1.165) is 0 Å². The van der Waals surface area contributed by atoms with Crippen LogP contribution < -0.4 is 14.2 Å². The Balaban J connectivity index is 2.93. The van der Waals surface area contributed by atoms with E-state index in [2.05, 4.69) is 0 Å². The Bertz CT molecular complexity index is 435. The SMILES string of the molecule is COc1cc(OC)c(C(O)CCCC(F)(F)F)c(OC)c1. The second-order valence-corrected chi connectivity index (χ2v) is 4.47. The molecule has 4 nitrogen and oxygen atoms in total. The van der Waals surface area contributed by atoms with Crippen molar-refractivity contribution < 1.29 is 32.5 Å². The monoisotopic (exact) mass is 308 g/mol. The molecule has 0 aliphatic rings. The van der Waals surface area contributed by atoms with Crippen LogP contribution in [-0.4, -0.2) is 32.6 Å². The minimum atomic E-state index is -4.23. The number of halogens is 3. The van der Waals surface area contributed by atoms with Crippen LogP contribution >= 0.6 is 0 Å². The first-order chi connectivity index (χ1) is 9.82. The minimum absolute atomic E-state index is 0.0431. The second-order valence-electron chi connectivity index (χ2n) is 4.47. The number of aliphatic hydroxyl groups excluding tert-OH is 1. The normalized spacial score (nSPS) is 12.9. The molecule has 0 fully saturated rings. The molecular weight excluding hydrogens is 289 g/mol. The van der Waals surface area contributed by atoms with E-state index in [1.165, 1.54) is 21.3 Å². The van der Waals surface area contributed by atoms with Crippen LogP contribution in [0.3, 0.4) is 0 Å². The zero-order valence-corrected chi connectivity index (χ0v) is 12.2. The van der Waals surface area contributed by atoms with Gasteiger partial charge in [0.1, 0.15) is 17.2 Å². The molecule has 1 rings (SSSR count). The zero-order valence-electron chi connectivity index (χ0n) is 12.2. The Kier molecular flexibility index (Phi) is 6.14. The number of alkyl halides is 3. The lowest BCUT2D eigenvalue weighted by Gasteiger charge is -2.19. The molecule has 0 aliphatic heterocycles. The molecule has 0 radical (unpaired) electrons. The molecule has 1 N–H and O–H groups in total. The molecule has 0 bridgehead atoms. The van der Waals surface area contributed by atoms with Gasteiger partial charge in [-0.2, -0.15) is 13.2 Å². The Morgan fingerprint density at radius 1 is 1.05 bits per heavy atom. The number of aliphatic hydroxyl groups is 1. The third kappa shape index (κ3) is 5.00. The van der Waals surface area contributed by atoms with Crippen molar-refractivity contribution in [2.75, 3.05) is 21.3 Å². The first-order valence-electron chi connectivity index (χ1n) is 6.37. The van der Waals surface area contributed by atoms with E-state index in [1.807, 2.05) is 0 Å². The first kappa shape index (κ1) is 17.4. The van der Waals surface area contributed by atoms with Crippen molar-refractivity contribution >= 4 is 0 Å². The van der Waals surface area contributed by atoms with Crippen molar-refractivity contribution in [3.63, 3.8) is 0 Å². The van der Waals surface area contributed by atoms with Gasteiger partial charge in [0.05, 0.1) is 33.0 Å². The Hall–Kier alpha value is -1.63. The maximum absolute atomic E-state index is 12.2. The van der Waals surface area contributed by atoms with Gasteiger partial charge in [-0.05, 0) is 12.8 Å². The third-order valence-electron chi connectivity index (χ3n) is 3.02. The van der Waals surface area contributed by atoms with Crippen molar-refractivity contribution in [3.8, 4) is 17.2 Å². The van der Waals surface area contributed by atoms with Crippen LogP contribution in [0, 0.1) is 0 Å². The molecule has 0 saturated heterocycles. The highest BCUT2D eigenvalue weighted by Crippen LogP contribution is 2.40. The molecule has 0 aliphatic carbocycles. The average molecular weight is 308 g/mol. The van der Waals surface area contributed by atoms with Gasteiger partial charge in [-0.3, -0.25) is 0 Å². The van der Waals surface area contributed by atoms with Crippen LogP contribution in [0.4, 0.5) is 13.2 Å². The fourth-order valence-corrected chi connectivity index (χ4v) is 2.00. The van der Waals surface area contributed by atoms with Crippen LogP contribution in [0.2, 0.25) is 0 Å². The van der Waals surface area contributed by atoms with Crippen LogP contribution in [0.25, 0.3) is 0 Å². The number of hydrogen-bond acceptors (Lipinski definition) is 4. The van der Waals surface area contributed by atoms with E-state index in [4.69, 9.17) is 14.2 Å². The lowest BCUT2D eigenvalue weighted by molar-refractivity contribution is -0.136. The van der Waals surface area contributed by atoms with E-state index >= 15 is 0 Å². The zero-order chi connectivity index (χ0) is 16.0. The molecule has 0 spiro atoms. The Morgan fingerprint density at radius 2 is 1.57 bits per heavy atom. The van der Waals surface area contributed by atoms with E-state index in [9.17, 15) is 18.3 Å². The Labute approximate surface area is 121 Å². The average Bonchev–Trinajstić information content (AvgIpc) is 2.43. The van der Waals surface area contributed by atoms with E-state index < -0.39 is 18.7 Å². The summed E-state index contributed by atoms with van der Waals surface area (Å²) in [6, 6.07) is 3.09. The number of benzene rings is 1. The van der Waals surface area contributed by atoms with Crippen LogP contribution in [-0.2, 0) is 0 Å². The van der Waals surface area contributed by atoms with Crippen molar-refractivity contribution in [1.29, 1.82) is 0 Å². The molecule has 0 amide bonds. The van der Waals surface area contributed by atoms with Gasteiger partial charge in [-0.15, -0.1) is 0 Å². The van der Waals surface area contributed by atoms with Gasteiger partial charge >= 0.3 is 6.18 Å². The van der Waals surface area contributed by atoms with Crippen molar-refractivity contribution in [2.24, 2.45) is 0 Å². The summed E-state index contributed by atoms with van der Waals surface area (Å²) in [7, 11) is 4.27. The molecule has 0 saturated carbocycles. The van der Waals surface area contributed by atoms with Gasteiger partial charge in [0.15, 0.2) is 0 Å². The summed E-state index contributed by atoms with van der Waals surface area (Å²) < 4.78 is 51.8. The van der Waals surface area contributed by atoms with E-state index in [-0.39, 0.29) is 12.8 Å². The number of rotatable bonds is 7. The summed E-state index contributed by atoms with van der Waals surface area (Å²) >= 11 is 0. The molecule has 1 aromatic carbocycles. The number of hydrogen-bond donors (Lipinski definition) is 1. The predicted molar refractivity (Wildman–Crippen MR) is 71.0 cm³/mol. The van der Waals surface area contributed by atoms with Crippen LogP contribution in [0.1, 0.15) is 30.9 Å². The molecule has 120 valence electrons. The molecule has 7 heteroatoms. The third-order valence-corrected chi connectivity index (χ3v) is 3.02. The maximum Gasteiger partial charge on any atom is 0.389 e. The predicted octanol–water partition coefficient (Wildman–Crippen LogP) is 3.48. The summed E-state index contributed by atoms with van der Waals surface area (Å²) in [6.07, 6.45) is -6.50. The summed E-state index contributed by atoms with van der Waals surface area (Å²) in [5.74, 6) is 1.09. The number of ether oxygens (including phenoxy) is 3. The van der Waals surface area contributed by atoms with E-state index in [0.29, 0.717) is 22.8 Å². The second kappa shape index (κ2) is 7.40. The number of methoxy groups -OCH3 is 3. The highest BCUT2D eigenvalue weighted by molar-refractivity contribution is 5.51. The van der Waals surface area contributed by atoms with Gasteiger partial charge < -0.3 is 19.3 Å². The highest BCUT2D eigenvalue weighted by atomic mass is 19.4. The fraction of sp³-hybridized carbons (Fsp3) is 0.571. The van der Waals surface area contributed by atoms with E-state index in [1.54, 1.807) is 12.1 Å². The van der Waals surface area contributed by atoms with Crippen molar-refractivity contribution in [3.05, 3.63) is 17.7 Å². The molecular formula is C14H19F3O4. The highest BCUT2D eigenvalue weighted by Gasteiger charge is 2.28. The summed E-state index contributed by atoms with van der Waals surface area (Å²) in [4.78, 5) is 0. The van der Waals surface area contributed by atoms with Crippen LogP contribution in [0.15, 0.2) is 12.1 Å². The molecule has 1 aromatic rings. The molecule has 0 aromatic heterocycles. The van der Waals surface area contributed by atoms with Crippen molar-refractivity contribution in [1.82, 2.24) is 0 Å². The minimum Gasteiger partial charge on any atom is -0.496 e. The summed E-state index contributed by atoms with van der Waals surface area (Å²) in [5, 5.41) is 10.1. The standard InChI is InChI=1S/C14H19F3O4/c1-19-9-7-11(20-2)13(12(8-9)21-3)10(18)5-4-6-14(15,16)17/h7-8,10,18H,4-6H2,1-3H3. The summed E-state index contributed by atoms with van der Waals surface area (Å²) in [6.45, 7) is 0. The van der Waals surface area contributed by atoms with Gasteiger partial charge in [0, 0.05) is 18.6 Å². The quantitative estimate of drug-likeness (QED) is 0.838. The largest absolute Gasteiger partial charge is 0.496 e. The first-order valence-corrected chi connectivity index (χ1v) is 6.37. The van der Waals surface area contributed by atoms with Gasteiger partial charge in [-0.1, -0.05) is 0 Å². The fourth-order valence-electron chi connectivity index (χ4n) is 2.00. The molecule has 1 unspecified atom stereocenters. The topological polar surface area (TPSA) is 47.9 Å². The molecule has 0 heterocycles. The lowest BCUT2D eigenvalue weighted by atomic mass is 10.0. The Morgan fingerprint density at radius 3 is 1.95 bits per heavy atom. The maximum atomic E-state index is 12.2. The van der Waals surface area contributed by atoms with Crippen molar-refractivity contribution in [2.45, 2.75) is 31.5 Å².